The van der Waals surface area contributed by atoms with Crippen LogP contribution in [0.1, 0.15) is 68.1 Å². The van der Waals surface area contributed by atoms with Crippen molar-refractivity contribution in [3.8, 4) is 0 Å². The SMILES string of the molecule is CCCCn1c(CC2CCCCC2)ccc1C(=O)NN. The second-order valence-electron chi connectivity index (χ2n) is 5.90. The molecule has 20 heavy (non-hydrogen) atoms. The van der Waals surface area contributed by atoms with Crippen molar-refractivity contribution in [1.29, 1.82) is 0 Å². The molecule has 4 nitrogen and oxygen atoms in total. The fraction of sp³-hybridized carbons (Fsp3) is 0.688. The molecule has 0 radical (unpaired) electrons. The second kappa shape index (κ2) is 7.48. The number of nitrogens with two attached hydrogens (primary N) is 1. The molecular formula is C16H27N3O. The maximum absolute atomic E-state index is 11.8. The Balaban J connectivity index is 2.13. The molecule has 112 valence electrons. The van der Waals surface area contributed by atoms with Crippen LogP contribution >= 0.6 is 0 Å². The van der Waals surface area contributed by atoms with E-state index in [1.165, 1.54) is 37.8 Å². The highest BCUT2D eigenvalue weighted by Crippen LogP contribution is 2.27. The number of nitrogens with one attached hydrogen (secondary N) is 1. The Labute approximate surface area is 121 Å². The van der Waals surface area contributed by atoms with E-state index in [9.17, 15) is 4.79 Å². The van der Waals surface area contributed by atoms with Crippen molar-refractivity contribution in [3.05, 3.63) is 23.5 Å². The van der Waals surface area contributed by atoms with Gasteiger partial charge in [-0.15, -0.1) is 0 Å². The maximum atomic E-state index is 11.8. The molecule has 1 amide bonds. The quantitative estimate of drug-likeness (QED) is 0.477. The normalized spacial score (nSPS) is 16.3. The zero-order valence-corrected chi connectivity index (χ0v) is 12.5. The van der Waals surface area contributed by atoms with E-state index in [1.807, 2.05) is 6.07 Å². The molecule has 0 aliphatic heterocycles. The molecule has 0 aromatic carbocycles. The summed E-state index contributed by atoms with van der Waals surface area (Å²) in [6.07, 6.45) is 10.1. The standard InChI is InChI=1S/C16H27N3O/c1-2-3-11-19-14(9-10-15(19)16(20)18-17)12-13-7-5-4-6-8-13/h9-10,13H,2-8,11-12,17H2,1H3,(H,18,20). The molecular weight excluding hydrogens is 250 g/mol. The predicted molar refractivity (Wildman–Crippen MR) is 81.3 cm³/mol. The van der Waals surface area contributed by atoms with Crippen molar-refractivity contribution >= 4 is 5.91 Å². The van der Waals surface area contributed by atoms with Gasteiger partial charge in [-0.05, 0) is 30.9 Å². The molecule has 0 atom stereocenters. The lowest BCUT2D eigenvalue weighted by atomic mass is 9.86. The minimum absolute atomic E-state index is 0.184. The molecule has 4 heteroatoms. The van der Waals surface area contributed by atoms with E-state index < -0.39 is 0 Å². The van der Waals surface area contributed by atoms with E-state index in [2.05, 4.69) is 23.0 Å². The lowest BCUT2D eigenvalue weighted by molar-refractivity contribution is 0.0943. The first-order valence-electron chi connectivity index (χ1n) is 7.95. The van der Waals surface area contributed by atoms with Gasteiger partial charge in [0.25, 0.3) is 5.91 Å². The number of nitrogen functional groups attached to an aromatic ring is 1. The number of nitrogens with zero attached hydrogens (tertiary/aromatic N) is 1. The first-order valence-corrected chi connectivity index (χ1v) is 7.95. The number of hydrogen-bond acceptors (Lipinski definition) is 2. The largest absolute Gasteiger partial charge is 0.341 e. The van der Waals surface area contributed by atoms with Crippen LogP contribution < -0.4 is 11.3 Å². The molecule has 1 fully saturated rings. The van der Waals surface area contributed by atoms with Gasteiger partial charge in [0.05, 0.1) is 0 Å². The number of rotatable bonds is 6. The van der Waals surface area contributed by atoms with Gasteiger partial charge in [0, 0.05) is 12.2 Å². The highest BCUT2D eigenvalue weighted by Gasteiger charge is 2.19. The van der Waals surface area contributed by atoms with Gasteiger partial charge in [-0.3, -0.25) is 10.2 Å². The summed E-state index contributed by atoms with van der Waals surface area (Å²) in [6.45, 7) is 3.08. The zero-order chi connectivity index (χ0) is 14.4. The number of carbonyl (C=O) groups excluding carboxylic acids is 1. The van der Waals surface area contributed by atoms with Crippen LogP contribution in [0, 0.1) is 5.92 Å². The van der Waals surface area contributed by atoms with Crippen LogP contribution in [-0.4, -0.2) is 10.5 Å². The van der Waals surface area contributed by atoms with E-state index >= 15 is 0 Å². The highest BCUT2D eigenvalue weighted by molar-refractivity contribution is 5.92. The number of hydrogen-bond donors (Lipinski definition) is 2. The van der Waals surface area contributed by atoms with E-state index in [0.29, 0.717) is 5.69 Å². The minimum Gasteiger partial charge on any atom is -0.341 e. The van der Waals surface area contributed by atoms with Crippen LogP contribution in [0.15, 0.2) is 12.1 Å². The monoisotopic (exact) mass is 277 g/mol. The fourth-order valence-corrected chi connectivity index (χ4v) is 3.23. The summed E-state index contributed by atoms with van der Waals surface area (Å²) in [5.74, 6) is 5.88. The molecule has 2 rings (SSSR count). The predicted octanol–water partition coefficient (Wildman–Crippen LogP) is 3.01. The van der Waals surface area contributed by atoms with Crippen molar-refractivity contribution in [2.45, 2.75) is 64.8 Å². The first-order chi connectivity index (χ1) is 9.76. The van der Waals surface area contributed by atoms with Crippen LogP contribution in [0.4, 0.5) is 0 Å². The van der Waals surface area contributed by atoms with Crippen molar-refractivity contribution in [2.75, 3.05) is 0 Å². The van der Waals surface area contributed by atoms with E-state index in [4.69, 9.17) is 5.84 Å². The summed E-state index contributed by atoms with van der Waals surface area (Å²) in [6, 6.07) is 4.02. The van der Waals surface area contributed by atoms with Crippen molar-refractivity contribution in [3.63, 3.8) is 0 Å². The van der Waals surface area contributed by atoms with Gasteiger partial charge in [-0.2, -0.15) is 0 Å². The topological polar surface area (TPSA) is 60.0 Å². The first kappa shape index (κ1) is 15.1. The zero-order valence-electron chi connectivity index (χ0n) is 12.5. The number of hydrazine groups is 1. The number of amides is 1. The summed E-state index contributed by atoms with van der Waals surface area (Å²) in [5.41, 5.74) is 4.25. The number of unbranched alkanes of at least 4 members (excludes halogenated alkanes) is 1. The van der Waals surface area contributed by atoms with Crippen LogP contribution in [0.5, 0.6) is 0 Å². The van der Waals surface area contributed by atoms with Gasteiger partial charge in [0.1, 0.15) is 5.69 Å². The molecule has 1 heterocycles. The van der Waals surface area contributed by atoms with Gasteiger partial charge in [-0.25, -0.2) is 5.84 Å². The van der Waals surface area contributed by atoms with E-state index in [1.54, 1.807) is 0 Å². The van der Waals surface area contributed by atoms with Crippen LogP contribution in [0.2, 0.25) is 0 Å². The lowest BCUT2D eigenvalue weighted by Crippen LogP contribution is -2.32. The molecule has 1 aromatic heterocycles. The summed E-state index contributed by atoms with van der Waals surface area (Å²) in [7, 11) is 0. The van der Waals surface area contributed by atoms with Gasteiger partial charge in [0.15, 0.2) is 0 Å². The Hall–Kier alpha value is -1.29. The smallest absolute Gasteiger partial charge is 0.281 e. The molecule has 0 unspecified atom stereocenters. The summed E-state index contributed by atoms with van der Waals surface area (Å²) in [5, 5.41) is 0. The second-order valence-corrected chi connectivity index (χ2v) is 5.90. The molecule has 0 saturated heterocycles. The Bertz CT molecular complexity index is 433. The Morgan fingerprint density at radius 1 is 1.35 bits per heavy atom. The number of aromatic nitrogens is 1. The Morgan fingerprint density at radius 3 is 2.75 bits per heavy atom. The van der Waals surface area contributed by atoms with Gasteiger partial charge >= 0.3 is 0 Å². The van der Waals surface area contributed by atoms with Crippen LogP contribution in [-0.2, 0) is 13.0 Å². The summed E-state index contributed by atoms with van der Waals surface area (Å²) < 4.78 is 2.17. The third-order valence-electron chi connectivity index (χ3n) is 4.39. The van der Waals surface area contributed by atoms with Crippen molar-refractivity contribution in [1.82, 2.24) is 9.99 Å². The number of carbonyl (C=O) groups is 1. The van der Waals surface area contributed by atoms with Gasteiger partial charge in [-0.1, -0.05) is 45.4 Å². The van der Waals surface area contributed by atoms with Crippen LogP contribution in [0.3, 0.4) is 0 Å². The molecule has 1 saturated carbocycles. The van der Waals surface area contributed by atoms with Crippen LogP contribution in [0.25, 0.3) is 0 Å². The molecule has 1 aliphatic rings. The fourth-order valence-electron chi connectivity index (χ4n) is 3.23. The molecule has 3 N–H and O–H groups in total. The average molecular weight is 277 g/mol. The average Bonchev–Trinajstić information content (AvgIpc) is 2.88. The molecule has 0 spiro atoms. The van der Waals surface area contributed by atoms with Gasteiger partial charge < -0.3 is 4.57 Å². The third kappa shape index (κ3) is 3.63. The van der Waals surface area contributed by atoms with Crippen molar-refractivity contribution in [2.24, 2.45) is 11.8 Å². The molecule has 1 aliphatic carbocycles. The van der Waals surface area contributed by atoms with Crippen molar-refractivity contribution < 1.29 is 4.79 Å². The Kier molecular flexibility index (Phi) is 5.65. The highest BCUT2D eigenvalue weighted by atomic mass is 16.2. The van der Waals surface area contributed by atoms with E-state index in [-0.39, 0.29) is 5.91 Å². The summed E-state index contributed by atoms with van der Waals surface area (Å²) >= 11 is 0. The van der Waals surface area contributed by atoms with E-state index in [0.717, 1.165) is 31.7 Å². The molecule has 1 aromatic rings. The minimum atomic E-state index is -0.184. The summed E-state index contributed by atoms with van der Waals surface area (Å²) in [4.78, 5) is 11.8. The van der Waals surface area contributed by atoms with Gasteiger partial charge in [0.2, 0.25) is 0 Å². The lowest BCUT2D eigenvalue weighted by Gasteiger charge is -2.22. The molecule has 0 bridgehead atoms. The third-order valence-corrected chi connectivity index (χ3v) is 4.39. The Morgan fingerprint density at radius 2 is 2.10 bits per heavy atom. The maximum Gasteiger partial charge on any atom is 0.281 e.